The monoisotopic (exact) mass is 282 g/mol. The van der Waals surface area contributed by atoms with Gasteiger partial charge in [0.25, 0.3) is 0 Å². The summed E-state index contributed by atoms with van der Waals surface area (Å²) in [6, 6.07) is 6.29. The lowest BCUT2D eigenvalue weighted by atomic mass is 10.1. The predicted molar refractivity (Wildman–Crippen MR) is 63.7 cm³/mol. The zero-order valence-electron chi connectivity index (χ0n) is 9.75. The number of nitrogens with zero attached hydrogens (tertiary/aromatic N) is 1. The molecule has 0 spiro atoms. The molecule has 0 saturated carbocycles. The molecular weight excluding hydrogens is 276 g/mol. The summed E-state index contributed by atoms with van der Waals surface area (Å²) in [5.41, 5.74) is 3.22. The molecule has 0 bridgehead atoms. The molecule has 7 heteroatoms. The Hall–Kier alpha value is -2.57. The third-order valence-corrected chi connectivity index (χ3v) is 2.81. The molecule has 102 valence electrons. The van der Waals surface area contributed by atoms with Crippen molar-refractivity contribution in [2.75, 3.05) is 5.73 Å². The highest BCUT2D eigenvalue weighted by Gasteiger charge is 2.27. The van der Waals surface area contributed by atoms with E-state index >= 15 is 0 Å². The van der Waals surface area contributed by atoms with Crippen molar-refractivity contribution in [2.45, 2.75) is 0 Å². The second kappa shape index (κ2) is 4.22. The lowest BCUT2D eigenvalue weighted by molar-refractivity contribution is 0.457. The zero-order valence-corrected chi connectivity index (χ0v) is 9.75. The Labute approximate surface area is 109 Å². The van der Waals surface area contributed by atoms with Crippen LogP contribution in [0.4, 0.5) is 23.2 Å². The summed E-state index contributed by atoms with van der Waals surface area (Å²) in [7, 11) is 0. The number of hydrogen-bond acceptors (Lipinski definition) is 3. The maximum absolute atomic E-state index is 13.8. The van der Waals surface area contributed by atoms with Gasteiger partial charge >= 0.3 is 0 Å². The molecule has 0 aliphatic rings. The van der Waals surface area contributed by atoms with Gasteiger partial charge < -0.3 is 10.2 Å². The smallest absolute Gasteiger partial charge is 0.233 e. The van der Waals surface area contributed by atoms with Gasteiger partial charge in [-0.2, -0.15) is 0 Å². The van der Waals surface area contributed by atoms with Gasteiger partial charge in [-0.25, -0.2) is 22.5 Å². The molecule has 2 N–H and O–H groups in total. The van der Waals surface area contributed by atoms with E-state index in [9.17, 15) is 17.6 Å². The molecule has 1 heterocycles. The highest BCUT2D eigenvalue weighted by molar-refractivity contribution is 5.76. The van der Waals surface area contributed by atoms with E-state index in [4.69, 9.17) is 10.2 Å². The fourth-order valence-corrected chi connectivity index (χ4v) is 1.82. The van der Waals surface area contributed by atoms with E-state index < -0.39 is 40.4 Å². The molecule has 0 aliphatic carbocycles. The van der Waals surface area contributed by atoms with Crippen molar-refractivity contribution < 1.29 is 22.0 Å². The summed E-state index contributed by atoms with van der Waals surface area (Å²) in [6.45, 7) is 0. The third-order valence-electron chi connectivity index (χ3n) is 2.81. The summed E-state index contributed by atoms with van der Waals surface area (Å²) >= 11 is 0. The van der Waals surface area contributed by atoms with Crippen LogP contribution in [0.5, 0.6) is 0 Å². The van der Waals surface area contributed by atoms with Gasteiger partial charge in [0.05, 0.1) is 0 Å². The van der Waals surface area contributed by atoms with Crippen LogP contribution in [0.15, 0.2) is 28.7 Å². The van der Waals surface area contributed by atoms with Gasteiger partial charge in [0, 0.05) is 0 Å². The molecular formula is C13H6F4N2O. The standard InChI is InChI=1S/C13H6F4N2O/c14-8-7(9(15)11(17)12(18)10(8)16)13-19-5-3-1-2-4-6(5)20-13/h1-4H,18H2. The van der Waals surface area contributed by atoms with E-state index in [0.29, 0.717) is 5.52 Å². The van der Waals surface area contributed by atoms with Crippen molar-refractivity contribution in [2.24, 2.45) is 0 Å². The molecule has 3 nitrogen and oxygen atoms in total. The molecule has 3 aromatic rings. The van der Waals surface area contributed by atoms with Gasteiger partial charge in [0.2, 0.25) is 5.89 Å². The SMILES string of the molecule is Nc1c(F)c(F)c(-c2nc3ccccc3o2)c(F)c1F. The van der Waals surface area contributed by atoms with E-state index in [0.717, 1.165) is 0 Å². The average Bonchev–Trinajstić information content (AvgIpc) is 2.86. The fraction of sp³-hybridized carbons (Fsp3) is 0. The van der Waals surface area contributed by atoms with Crippen molar-refractivity contribution >= 4 is 16.8 Å². The Bertz CT molecular complexity index is 767. The first-order valence-corrected chi connectivity index (χ1v) is 5.48. The summed E-state index contributed by atoms with van der Waals surface area (Å²) in [5.74, 6) is -7.21. The van der Waals surface area contributed by atoms with Gasteiger partial charge in [0.15, 0.2) is 28.9 Å². The van der Waals surface area contributed by atoms with Crippen LogP contribution in [0.25, 0.3) is 22.6 Å². The van der Waals surface area contributed by atoms with Crippen molar-refractivity contribution in [1.29, 1.82) is 0 Å². The van der Waals surface area contributed by atoms with Crippen LogP contribution < -0.4 is 5.73 Å². The summed E-state index contributed by atoms with van der Waals surface area (Å²) in [6.07, 6.45) is 0. The number of hydrogen-bond donors (Lipinski definition) is 1. The molecule has 0 unspecified atom stereocenters. The number of anilines is 1. The molecule has 20 heavy (non-hydrogen) atoms. The Balaban J connectivity index is 2.34. The molecule has 0 atom stereocenters. The number of fused-ring (bicyclic) bond motifs is 1. The van der Waals surface area contributed by atoms with Crippen molar-refractivity contribution in [3.8, 4) is 11.5 Å². The van der Waals surface area contributed by atoms with Gasteiger partial charge in [-0.1, -0.05) is 12.1 Å². The second-order valence-electron chi connectivity index (χ2n) is 4.03. The second-order valence-corrected chi connectivity index (χ2v) is 4.03. The normalized spacial score (nSPS) is 11.2. The van der Waals surface area contributed by atoms with E-state index in [1.54, 1.807) is 12.1 Å². The minimum absolute atomic E-state index is 0.235. The zero-order chi connectivity index (χ0) is 14.4. The van der Waals surface area contributed by atoms with Crippen LogP contribution in [0, 0.1) is 23.3 Å². The van der Waals surface area contributed by atoms with Crippen LogP contribution in [0.1, 0.15) is 0 Å². The third kappa shape index (κ3) is 1.63. The average molecular weight is 282 g/mol. The number of rotatable bonds is 1. The fourth-order valence-electron chi connectivity index (χ4n) is 1.82. The van der Waals surface area contributed by atoms with Crippen molar-refractivity contribution in [3.63, 3.8) is 0 Å². The van der Waals surface area contributed by atoms with E-state index in [2.05, 4.69) is 4.98 Å². The summed E-state index contributed by atoms with van der Waals surface area (Å²) in [5, 5.41) is 0. The first kappa shape index (κ1) is 12.5. The Morgan fingerprint density at radius 1 is 0.900 bits per heavy atom. The molecule has 0 saturated heterocycles. The quantitative estimate of drug-likeness (QED) is 0.421. The van der Waals surface area contributed by atoms with Crippen LogP contribution in [0.3, 0.4) is 0 Å². The number of aromatic nitrogens is 1. The highest BCUT2D eigenvalue weighted by atomic mass is 19.2. The minimum atomic E-state index is -1.68. The Kier molecular flexibility index (Phi) is 2.63. The number of para-hydroxylation sites is 2. The highest BCUT2D eigenvalue weighted by Crippen LogP contribution is 2.34. The number of nitrogens with two attached hydrogens (primary N) is 1. The predicted octanol–water partition coefficient (Wildman–Crippen LogP) is 3.63. The topological polar surface area (TPSA) is 52.0 Å². The van der Waals surface area contributed by atoms with E-state index in [-0.39, 0.29) is 5.58 Å². The first-order chi connectivity index (χ1) is 9.50. The molecule has 0 fully saturated rings. The lowest BCUT2D eigenvalue weighted by Gasteiger charge is -2.06. The minimum Gasteiger partial charge on any atom is -0.436 e. The number of oxazole rings is 1. The summed E-state index contributed by atoms with van der Waals surface area (Å²) in [4.78, 5) is 3.80. The molecule has 2 aromatic carbocycles. The molecule has 0 radical (unpaired) electrons. The maximum atomic E-state index is 13.8. The van der Waals surface area contributed by atoms with Gasteiger partial charge in [-0.3, -0.25) is 0 Å². The van der Waals surface area contributed by atoms with Crippen LogP contribution in [-0.4, -0.2) is 4.98 Å². The molecule has 1 aromatic heterocycles. The van der Waals surface area contributed by atoms with Crippen LogP contribution in [-0.2, 0) is 0 Å². The van der Waals surface area contributed by atoms with Gasteiger partial charge in [-0.05, 0) is 12.1 Å². The van der Waals surface area contributed by atoms with Crippen molar-refractivity contribution in [3.05, 3.63) is 47.5 Å². The maximum Gasteiger partial charge on any atom is 0.233 e. The van der Waals surface area contributed by atoms with Gasteiger partial charge in [-0.15, -0.1) is 0 Å². The number of benzene rings is 2. The number of halogens is 4. The van der Waals surface area contributed by atoms with Gasteiger partial charge in [0.1, 0.15) is 16.8 Å². The molecule has 3 rings (SSSR count). The number of nitrogen functional groups attached to an aromatic ring is 1. The molecule has 0 amide bonds. The van der Waals surface area contributed by atoms with Crippen LogP contribution >= 0.6 is 0 Å². The Morgan fingerprint density at radius 2 is 1.50 bits per heavy atom. The van der Waals surface area contributed by atoms with Crippen LogP contribution in [0.2, 0.25) is 0 Å². The largest absolute Gasteiger partial charge is 0.436 e. The summed E-state index contributed by atoms with van der Waals surface area (Å²) < 4.78 is 59.4. The Morgan fingerprint density at radius 3 is 2.10 bits per heavy atom. The lowest BCUT2D eigenvalue weighted by Crippen LogP contribution is -2.05. The molecule has 0 aliphatic heterocycles. The van der Waals surface area contributed by atoms with E-state index in [1.165, 1.54) is 12.1 Å². The van der Waals surface area contributed by atoms with Crippen molar-refractivity contribution in [1.82, 2.24) is 4.98 Å². The first-order valence-electron chi connectivity index (χ1n) is 5.48. The van der Waals surface area contributed by atoms with E-state index in [1.807, 2.05) is 0 Å².